The van der Waals surface area contributed by atoms with E-state index in [-0.39, 0.29) is 17.6 Å². The van der Waals surface area contributed by atoms with E-state index >= 15 is 0 Å². The lowest BCUT2D eigenvalue weighted by Crippen LogP contribution is -2.52. The molecule has 0 saturated carbocycles. The number of aliphatic imine (C=N–C) groups is 1. The lowest BCUT2D eigenvalue weighted by molar-refractivity contribution is -0.132. The normalized spacial score (nSPS) is 12.9. The van der Waals surface area contributed by atoms with Crippen LogP contribution < -0.4 is 22.8 Å². The Balaban J connectivity index is 2.35. The van der Waals surface area contributed by atoms with Crippen LogP contribution in [0.2, 0.25) is 0 Å². The molecule has 0 spiro atoms. The Bertz CT molecular complexity index is 997. The molecule has 1 aromatic heterocycles. The van der Waals surface area contributed by atoms with Crippen molar-refractivity contribution in [3.05, 3.63) is 46.3 Å². The monoisotopic (exact) mass is 429 g/mol. The van der Waals surface area contributed by atoms with E-state index in [1.807, 2.05) is 13.8 Å². The van der Waals surface area contributed by atoms with E-state index < -0.39 is 23.5 Å². The topological polar surface area (TPSA) is 158 Å². The average molecular weight is 430 g/mol. The quantitative estimate of drug-likeness (QED) is 0.224. The predicted molar refractivity (Wildman–Crippen MR) is 121 cm³/mol. The molecule has 9 nitrogen and oxygen atoms in total. The summed E-state index contributed by atoms with van der Waals surface area (Å²) in [5.41, 5.74) is 16.1. The molecule has 0 aliphatic carbocycles. The van der Waals surface area contributed by atoms with Gasteiger partial charge in [-0.15, -0.1) is 0 Å². The Hall–Kier alpha value is -3.20. The lowest BCUT2D eigenvalue weighted by atomic mass is 10.0. The smallest absolute Gasteiger partial charge is 0.349 e. The van der Waals surface area contributed by atoms with Crippen molar-refractivity contribution < 1.29 is 14.0 Å². The van der Waals surface area contributed by atoms with Crippen LogP contribution in [0.5, 0.6) is 0 Å². The third kappa shape index (κ3) is 6.14. The van der Waals surface area contributed by atoms with Gasteiger partial charge in [-0.05, 0) is 37.8 Å². The van der Waals surface area contributed by atoms with Crippen LogP contribution in [0.15, 0.2) is 44.5 Å². The predicted octanol–water partition coefficient (Wildman–Crippen LogP) is 1.72. The van der Waals surface area contributed by atoms with Gasteiger partial charge in [-0.3, -0.25) is 19.5 Å². The molecule has 31 heavy (non-hydrogen) atoms. The fraction of sp³-hybridized carbons (Fsp3) is 0.455. The first-order valence-corrected chi connectivity index (χ1v) is 10.5. The van der Waals surface area contributed by atoms with Gasteiger partial charge in [0.2, 0.25) is 5.91 Å². The highest BCUT2D eigenvalue weighted by Gasteiger charge is 2.34. The van der Waals surface area contributed by atoms with Crippen molar-refractivity contribution >= 4 is 28.7 Å². The number of hydrogen-bond acceptors (Lipinski definition) is 6. The number of benzene rings is 1. The maximum Gasteiger partial charge on any atom is 0.349 e. The van der Waals surface area contributed by atoms with Crippen LogP contribution >= 0.6 is 0 Å². The summed E-state index contributed by atoms with van der Waals surface area (Å²) in [7, 11) is 0. The van der Waals surface area contributed by atoms with Crippen LogP contribution in [0.3, 0.4) is 0 Å². The minimum absolute atomic E-state index is 0.0336. The second-order valence-electron chi connectivity index (χ2n) is 7.40. The summed E-state index contributed by atoms with van der Waals surface area (Å²) in [5.74, 6) is -1.25. The minimum Gasteiger partial charge on any atom is -0.422 e. The number of hydrogen-bond donors (Lipinski definition) is 3. The Morgan fingerprint density at radius 2 is 1.87 bits per heavy atom. The first-order valence-electron chi connectivity index (χ1n) is 10.5. The fourth-order valence-corrected chi connectivity index (χ4v) is 3.46. The van der Waals surface area contributed by atoms with E-state index in [1.165, 1.54) is 6.07 Å². The number of guanidine groups is 1. The number of para-hydroxylation sites is 1. The zero-order chi connectivity index (χ0) is 23.0. The summed E-state index contributed by atoms with van der Waals surface area (Å²) < 4.78 is 5.30. The first kappa shape index (κ1) is 24.1. The molecule has 0 aliphatic rings. The summed E-state index contributed by atoms with van der Waals surface area (Å²) in [6.07, 6.45) is 2.70. The summed E-state index contributed by atoms with van der Waals surface area (Å²) >= 11 is 0. The molecule has 9 heteroatoms. The maximum absolute atomic E-state index is 13.4. The molecule has 0 fully saturated rings. The number of nitrogens with zero attached hydrogens (tertiary/aromatic N) is 2. The highest BCUT2D eigenvalue weighted by Crippen LogP contribution is 2.19. The molecule has 2 atom stereocenters. The van der Waals surface area contributed by atoms with E-state index in [1.54, 1.807) is 24.3 Å². The largest absolute Gasteiger partial charge is 0.422 e. The zero-order valence-corrected chi connectivity index (χ0v) is 18.0. The van der Waals surface area contributed by atoms with Gasteiger partial charge in [0.05, 0.1) is 6.04 Å². The molecule has 0 bridgehead atoms. The minimum atomic E-state index is -0.920. The van der Waals surface area contributed by atoms with Gasteiger partial charge in [-0.1, -0.05) is 38.5 Å². The number of imide groups is 1. The van der Waals surface area contributed by atoms with E-state index in [2.05, 4.69) is 4.99 Å². The highest BCUT2D eigenvalue weighted by molar-refractivity contribution is 6.07. The molecule has 1 unspecified atom stereocenters. The van der Waals surface area contributed by atoms with Crippen LogP contribution in [-0.4, -0.2) is 41.3 Å². The van der Waals surface area contributed by atoms with Crippen LogP contribution in [0, 0.1) is 0 Å². The van der Waals surface area contributed by atoms with Gasteiger partial charge >= 0.3 is 5.63 Å². The average Bonchev–Trinajstić information content (AvgIpc) is 2.75. The number of fused-ring (bicyclic) bond motifs is 1. The molecule has 1 aromatic carbocycles. The van der Waals surface area contributed by atoms with Gasteiger partial charge in [0.1, 0.15) is 11.1 Å². The zero-order valence-electron chi connectivity index (χ0n) is 18.0. The molecule has 0 radical (unpaired) electrons. The van der Waals surface area contributed by atoms with Gasteiger partial charge in [-0.25, -0.2) is 4.79 Å². The molecule has 6 N–H and O–H groups in total. The maximum atomic E-state index is 13.4. The van der Waals surface area contributed by atoms with Crippen LogP contribution in [0.4, 0.5) is 0 Å². The van der Waals surface area contributed by atoms with Gasteiger partial charge in [0, 0.05) is 18.0 Å². The van der Waals surface area contributed by atoms with Crippen LogP contribution in [0.1, 0.15) is 56.3 Å². The van der Waals surface area contributed by atoms with Crippen LogP contribution in [0.25, 0.3) is 11.0 Å². The van der Waals surface area contributed by atoms with Crippen molar-refractivity contribution in [2.24, 2.45) is 22.2 Å². The molecule has 2 aromatic rings. The number of rotatable bonds is 10. The van der Waals surface area contributed by atoms with Gasteiger partial charge in [-0.2, -0.15) is 0 Å². The summed E-state index contributed by atoms with van der Waals surface area (Å²) in [6.45, 7) is 4.19. The van der Waals surface area contributed by atoms with Crippen molar-refractivity contribution in [3.8, 4) is 0 Å². The molecule has 1 heterocycles. The highest BCUT2D eigenvalue weighted by atomic mass is 16.4. The molecule has 0 aliphatic heterocycles. The lowest BCUT2D eigenvalue weighted by Gasteiger charge is -2.31. The number of amides is 2. The van der Waals surface area contributed by atoms with Crippen molar-refractivity contribution in [1.82, 2.24) is 4.90 Å². The number of nitrogens with two attached hydrogens (primary N) is 3. The third-order valence-electron chi connectivity index (χ3n) is 5.07. The van der Waals surface area contributed by atoms with Gasteiger partial charge < -0.3 is 21.6 Å². The van der Waals surface area contributed by atoms with E-state index in [0.717, 1.165) is 11.3 Å². The summed E-state index contributed by atoms with van der Waals surface area (Å²) in [4.78, 5) is 44.1. The van der Waals surface area contributed by atoms with Crippen molar-refractivity contribution in [1.29, 1.82) is 0 Å². The second kappa shape index (κ2) is 11.3. The summed E-state index contributed by atoms with van der Waals surface area (Å²) in [5, 5.41) is 0.600. The van der Waals surface area contributed by atoms with Crippen molar-refractivity contribution in [2.75, 3.05) is 6.54 Å². The first-order chi connectivity index (χ1) is 14.8. The Morgan fingerprint density at radius 1 is 1.16 bits per heavy atom. The number of carbonyl (C=O) groups excluding carboxylic acids is 2. The number of carbonyl (C=O) groups is 2. The fourth-order valence-electron chi connectivity index (χ4n) is 3.46. The Morgan fingerprint density at radius 3 is 2.52 bits per heavy atom. The van der Waals surface area contributed by atoms with Crippen LogP contribution in [-0.2, 0) is 4.79 Å². The molecule has 0 saturated heterocycles. The van der Waals surface area contributed by atoms with Crippen molar-refractivity contribution in [3.63, 3.8) is 0 Å². The molecular formula is C22H31N5O4. The summed E-state index contributed by atoms with van der Waals surface area (Å²) in [6, 6.07) is 7.06. The molecule has 2 amide bonds. The van der Waals surface area contributed by atoms with E-state index in [0.29, 0.717) is 43.2 Å². The Labute approximate surface area is 181 Å². The Kier molecular flexibility index (Phi) is 8.75. The molecular weight excluding hydrogens is 398 g/mol. The van der Waals surface area contributed by atoms with Crippen molar-refractivity contribution in [2.45, 2.75) is 58.0 Å². The molecule has 168 valence electrons. The van der Waals surface area contributed by atoms with Gasteiger partial charge in [0.25, 0.3) is 5.91 Å². The second-order valence-corrected chi connectivity index (χ2v) is 7.40. The van der Waals surface area contributed by atoms with Gasteiger partial charge in [0.15, 0.2) is 5.96 Å². The SMILES string of the molecule is CCCC(CC)N(C(=O)c1cc2ccccc2oc1=O)C(=O)[C@@H](N)CCCN=C(N)N. The van der Waals surface area contributed by atoms with E-state index in [9.17, 15) is 14.4 Å². The molecule has 2 rings (SSSR count). The standard InChI is InChI=1S/C22H31N5O4/c1-3-8-15(4-2)27(20(29)17(23)10-7-12-26-22(24)25)19(28)16-13-14-9-5-6-11-18(14)31-21(16)30/h5-6,9,11,13,15,17H,3-4,7-8,10,12,23H2,1-2H3,(H4,24,25,26)/t15?,17-/m0/s1. The van der Waals surface area contributed by atoms with E-state index in [4.69, 9.17) is 21.6 Å². The third-order valence-corrected chi connectivity index (χ3v) is 5.07.